The molecule has 0 aromatic heterocycles. The summed E-state index contributed by atoms with van der Waals surface area (Å²) in [7, 11) is 1.70. The monoisotopic (exact) mass is 532 g/mol. The van der Waals surface area contributed by atoms with Gasteiger partial charge in [0.05, 0.1) is 17.8 Å². The Labute approximate surface area is 219 Å². The highest BCUT2D eigenvalue weighted by Crippen LogP contribution is 2.39. The van der Waals surface area contributed by atoms with Crippen LogP contribution in [0, 0.1) is 0 Å². The number of para-hydroxylation sites is 1. The van der Waals surface area contributed by atoms with Crippen LogP contribution in [-0.2, 0) is 32.0 Å². The van der Waals surface area contributed by atoms with E-state index in [2.05, 4.69) is 16.0 Å². The molecule has 2 aromatic carbocycles. The van der Waals surface area contributed by atoms with Crippen LogP contribution in [0.5, 0.6) is 0 Å². The normalized spacial score (nSPS) is 19.7. The number of likely N-dealkylation sites (N-methyl/N-ethyl adjacent to an activating group) is 1. The number of aryl methyl sites for hydroxylation is 1. The summed E-state index contributed by atoms with van der Waals surface area (Å²) in [5, 5.41) is 8.86. The first-order chi connectivity index (χ1) is 18.0. The first-order valence-corrected chi connectivity index (χ1v) is 12.3. The largest absolute Gasteiger partial charge is 0.446 e. The molecule has 3 N–H and O–H groups in total. The van der Waals surface area contributed by atoms with Crippen LogP contribution in [0.2, 0.25) is 0 Å². The number of hydrogen-bond acceptors (Lipinski definition) is 5. The fourth-order valence-electron chi connectivity index (χ4n) is 4.54. The van der Waals surface area contributed by atoms with Gasteiger partial charge in [0.15, 0.2) is 0 Å². The minimum Gasteiger partial charge on any atom is -0.348 e. The summed E-state index contributed by atoms with van der Waals surface area (Å²) < 4.78 is 31.2. The predicted molar refractivity (Wildman–Crippen MR) is 135 cm³/mol. The van der Waals surface area contributed by atoms with Crippen molar-refractivity contribution < 1.29 is 32.3 Å². The molecular formula is C27H31F3N4O4. The Bertz CT molecular complexity index is 1170. The number of rotatable bonds is 6. The van der Waals surface area contributed by atoms with Gasteiger partial charge in [-0.25, -0.2) is 0 Å². The number of carbonyl (C=O) groups is 4. The Hall–Kier alpha value is -3.73. The van der Waals surface area contributed by atoms with Gasteiger partial charge in [-0.15, -0.1) is 0 Å². The van der Waals surface area contributed by atoms with Crippen molar-refractivity contribution in [2.45, 2.75) is 63.5 Å². The standard InChI is InChI=1S/C25H30N4O3.C2HF3O/c1-15(17-8-5-4-6-9-17)27-24(31)21-14-19-11-7-10-18-12-13-20(25(32)29(21)22(18)19)28-23(30)16(2)26-3;3-2(4,5)1-6/h4-11,15-16,20-21,26H,12-14H2,1-3H3,(H,27,31)(H,28,30);1H/t15-,16+,20+,21+;/m1./s1. The van der Waals surface area contributed by atoms with E-state index in [1.807, 2.05) is 55.5 Å². The molecule has 204 valence electrons. The van der Waals surface area contributed by atoms with Gasteiger partial charge in [0.1, 0.15) is 12.1 Å². The minimum absolute atomic E-state index is 0.180. The number of nitrogens with one attached hydrogen (secondary N) is 3. The Balaban J connectivity index is 0.000000599. The first kappa shape index (κ1) is 28.8. The third-order valence-electron chi connectivity index (χ3n) is 6.64. The van der Waals surface area contributed by atoms with Gasteiger partial charge in [-0.2, -0.15) is 13.2 Å². The number of carbonyl (C=O) groups excluding carboxylic acids is 4. The smallest absolute Gasteiger partial charge is 0.348 e. The lowest BCUT2D eigenvalue weighted by atomic mass is 10.0. The van der Waals surface area contributed by atoms with E-state index < -0.39 is 30.6 Å². The lowest BCUT2D eigenvalue weighted by Gasteiger charge is -2.29. The summed E-state index contributed by atoms with van der Waals surface area (Å²) in [6.07, 6.45) is -4.06. The van der Waals surface area contributed by atoms with Gasteiger partial charge in [0.25, 0.3) is 0 Å². The van der Waals surface area contributed by atoms with E-state index in [1.165, 1.54) is 0 Å². The minimum atomic E-state index is -4.64. The van der Waals surface area contributed by atoms with Crippen molar-refractivity contribution in [1.82, 2.24) is 16.0 Å². The second-order valence-electron chi connectivity index (χ2n) is 9.26. The lowest BCUT2D eigenvalue weighted by molar-refractivity contribution is -0.156. The highest BCUT2D eigenvalue weighted by Gasteiger charge is 2.44. The second-order valence-corrected chi connectivity index (χ2v) is 9.26. The maximum atomic E-state index is 13.6. The molecule has 38 heavy (non-hydrogen) atoms. The molecule has 11 heteroatoms. The molecule has 0 radical (unpaired) electrons. The molecule has 4 rings (SSSR count). The molecular weight excluding hydrogens is 501 g/mol. The summed E-state index contributed by atoms with van der Waals surface area (Å²) in [6.45, 7) is 3.69. The third kappa shape index (κ3) is 6.77. The average Bonchev–Trinajstić information content (AvgIpc) is 3.24. The molecule has 2 aliphatic heterocycles. The van der Waals surface area contributed by atoms with Gasteiger partial charge in [-0.3, -0.25) is 24.1 Å². The SMILES string of the molecule is CN[C@@H](C)C(=O)N[C@H]1CCc2cccc3c2N(C1=O)[C@H](C(=O)N[C@H](C)c1ccccc1)C3.O=CC(F)(F)F. The molecule has 0 spiro atoms. The highest BCUT2D eigenvalue weighted by atomic mass is 19.4. The number of amides is 3. The van der Waals surface area contributed by atoms with E-state index in [0.29, 0.717) is 19.3 Å². The molecule has 0 bridgehead atoms. The van der Waals surface area contributed by atoms with E-state index in [4.69, 9.17) is 4.79 Å². The molecule has 0 fully saturated rings. The fraction of sp³-hybridized carbons (Fsp3) is 0.407. The molecule has 4 atom stereocenters. The second kappa shape index (κ2) is 12.2. The van der Waals surface area contributed by atoms with Crippen LogP contribution in [0.4, 0.5) is 18.9 Å². The van der Waals surface area contributed by atoms with E-state index in [1.54, 1.807) is 18.9 Å². The number of aldehydes is 1. The van der Waals surface area contributed by atoms with Crippen molar-refractivity contribution in [1.29, 1.82) is 0 Å². The number of nitrogens with zero attached hydrogens (tertiary/aromatic N) is 1. The zero-order valence-electron chi connectivity index (χ0n) is 21.3. The molecule has 8 nitrogen and oxygen atoms in total. The predicted octanol–water partition coefficient (Wildman–Crippen LogP) is 2.61. The number of hydrogen-bond donors (Lipinski definition) is 3. The first-order valence-electron chi connectivity index (χ1n) is 12.3. The molecule has 3 amide bonds. The Morgan fingerprint density at radius 3 is 2.29 bits per heavy atom. The Morgan fingerprint density at radius 1 is 1.05 bits per heavy atom. The number of alkyl halides is 3. The van der Waals surface area contributed by atoms with Crippen LogP contribution in [0.25, 0.3) is 0 Å². The van der Waals surface area contributed by atoms with Gasteiger partial charge in [0, 0.05) is 6.42 Å². The Kier molecular flexibility index (Phi) is 9.26. The number of anilines is 1. The van der Waals surface area contributed by atoms with Crippen LogP contribution in [0.1, 0.15) is 43.0 Å². The Morgan fingerprint density at radius 2 is 1.68 bits per heavy atom. The van der Waals surface area contributed by atoms with Gasteiger partial charge in [-0.05, 0) is 50.4 Å². The van der Waals surface area contributed by atoms with Crippen molar-refractivity contribution in [2.75, 3.05) is 11.9 Å². The van der Waals surface area contributed by atoms with Crippen LogP contribution >= 0.6 is 0 Å². The third-order valence-corrected chi connectivity index (χ3v) is 6.64. The quantitative estimate of drug-likeness (QED) is 0.496. The molecule has 2 aromatic rings. The summed E-state index contributed by atoms with van der Waals surface area (Å²) in [5.74, 6) is -0.639. The van der Waals surface area contributed by atoms with Crippen LogP contribution < -0.4 is 20.9 Å². The lowest BCUT2D eigenvalue weighted by Crippen LogP contribution is -2.56. The van der Waals surface area contributed by atoms with Crippen LogP contribution in [0.3, 0.4) is 0 Å². The summed E-state index contributed by atoms with van der Waals surface area (Å²) in [6, 6.07) is 13.8. The van der Waals surface area contributed by atoms with Gasteiger partial charge in [0.2, 0.25) is 24.0 Å². The number of halogens is 3. The fourth-order valence-corrected chi connectivity index (χ4v) is 4.54. The van der Waals surface area contributed by atoms with Gasteiger partial charge in [-0.1, -0.05) is 48.5 Å². The topological polar surface area (TPSA) is 108 Å². The molecule has 2 aliphatic rings. The number of benzene rings is 2. The van der Waals surface area contributed by atoms with E-state index >= 15 is 0 Å². The summed E-state index contributed by atoms with van der Waals surface area (Å²) in [4.78, 5) is 49.7. The van der Waals surface area contributed by atoms with Crippen molar-refractivity contribution in [3.63, 3.8) is 0 Å². The van der Waals surface area contributed by atoms with E-state index in [9.17, 15) is 27.6 Å². The molecule has 2 heterocycles. The summed E-state index contributed by atoms with van der Waals surface area (Å²) in [5.41, 5.74) is 3.88. The van der Waals surface area contributed by atoms with Crippen molar-refractivity contribution in [3.05, 3.63) is 65.2 Å². The molecule has 0 aliphatic carbocycles. The molecule has 0 saturated carbocycles. The zero-order chi connectivity index (χ0) is 28.0. The maximum Gasteiger partial charge on any atom is 0.446 e. The van der Waals surface area contributed by atoms with Crippen molar-refractivity contribution in [3.8, 4) is 0 Å². The van der Waals surface area contributed by atoms with Crippen molar-refractivity contribution >= 4 is 29.7 Å². The van der Waals surface area contributed by atoms with Gasteiger partial charge >= 0.3 is 6.18 Å². The van der Waals surface area contributed by atoms with E-state index in [0.717, 1.165) is 22.4 Å². The molecule has 0 unspecified atom stereocenters. The van der Waals surface area contributed by atoms with Crippen LogP contribution in [-0.4, -0.2) is 55.4 Å². The summed E-state index contributed by atoms with van der Waals surface area (Å²) >= 11 is 0. The van der Waals surface area contributed by atoms with Crippen molar-refractivity contribution in [2.24, 2.45) is 0 Å². The maximum absolute atomic E-state index is 13.6. The molecule has 0 saturated heterocycles. The average molecular weight is 533 g/mol. The van der Waals surface area contributed by atoms with E-state index in [-0.39, 0.29) is 23.8 Å². The highest BCUT2D eigenvalue weighted by molar-refractivity contribution is 6.08. The zero-order valence-corrected chi connectivity index (χ0v) is 21.3. The van der Waals surface area contributed by atoms with Crippen LogP contribution in [0.15, 0.2) is 48.5 Å². The van der Waals surface area contributed by atoms with Gasteiger partial charge < -0.3 is 16.0 Å².